The lowest BCUT2D eigenvalue weighted by molar-refractivity contribution is -0.126. The van der Waals surface area contributed by atoms with E-state index in [1.807, 2.05) is 0 Å². The lowest BCUT2D eigenvalue weighted by Crippen LogP contribution is -2.29. The number of nitrogens with two attached hydrogens (primary N) is 1. The Morgan fingerprint density at radius 1 is 1.89 bits per heavy atom. The zero-order valence-electron chi connectivity index (χ0n) is 5.33. The standard InChI is InChI=1S/C5H11NO3/c1-9-3-2-4(7)5(6)8/h4,7H,2-3H2,1H3,(H2,6,8). The van der Waals surface area contributed by atoms with Gasteiger partial charge in [0.1, 0.15) is 6.10 Å². The highest BCUT2D eigenvalue weighted by Crippen LogP contribution is 1.88. The zero-order chi connectivity index (χ0) is 7.28. The van der Waals surface area contributed by atoms with Crippen molar-refractivity contribution in [1.82, 2.24) is 0 Å². The monoisotopic (exact) mass is 133 g/mol. The Hall–Kier alpha value is -0.610. The molecule has 0 radical (unpaired) electrons. The van der Waals surface area contributed by atoms with Crippen LogP contribution in [0.15, 0.2) is 0 Å². The maximum atomic E-state index is 10.1. The van der Waals surface area contributed by atoms with Gasteiger partial charge in [-0.1, -0.05) is 0 Å². The van der Waals surface area contributed by atoms with Gasteiger partial charge in [-0.3, -0.25) is 4.79 Å². The molecular weight excluding hydrogens is 122 g/mol. The van der Waals surface area contributed by atoms with E-state index in [1.54, 1.807) is 0 Å². The first kappa shape index (κ1) is 8.39. The second kappa shape index (κ2) is 4.29. The minimum atomic E-state index is -1.06. The van der Waals surface area contributed by atoms with Crippen LogP contribution in [0.25, 0.3) is 0 Å². The van der Waals surface area contributed by atoms with Crippen LogP contribution in [0.3, 0.4) is 0 Å². The molecular formula is C5H11NO3. The van der Waals surface area contributed by atoms with Gasteiger partial charge in [0, 0.05) is 20.1 Å². The van der Waals surface area contributed by atoms with Crippen molar-refractivity contribution >= 4 is 5.91 Å². The van der Waals surface area contributed by atoms with Crippen LogP contribution in [0.2, 0.25) is 0 Å². The van der Waals surface area contributed by atoms with Gasteiger partial charge in [0.25, 0.3) is 0 Å². The second-order valence-corrected chi connectivity index (χ2v) is 1.70. The van der Waals surface area contributed by atoms with Crippen LogP contribution in [0.5, 0.6) is 0 Å². The molecule has 0 rings (SSSR count). The number of carbonyl (C=O) groups is 1. The van der Waals surface area contributed by atoms with E-state index in [9.17, 15) is 4.79 Å². The minimum Gasteiger partial charge on any atom is -0.385 e. The molecule has 9 heavy (non-hydrogen) atoms. The van der Waals surface area contributed by atoms with E-state index in [0.717, 1.165) is 0 Å². The highest BCUT2D eigenvalue weighted by Gasteiger charge is 2.08. The summed E-state index contributed by atoms with van der Waals surface area (Å²) in [5, 5.41) is 8.70. The van der Waals surface area contributed by atoms with Crippen LogP contribution in [0.4, 0.5) is 0 Å². The van der Waals surface area contributed by atoms with Gasteiger partial charge in [-0.25, -0.2) is 0 Å². The number of aliphatic hydroxyl groups is 1. The molecule has 0 aromatic heterocycles. The molecule has 0 aliphatic carbocycles. The van der Waals surface area contributed by atoms with E-state index in [-0.39, 0.29) is 6.42 Å². The minimum absolute atomic E-state index is 0.270. The van der Waals surface area contributed by atoms with Crippen molar-refractivity contribution in [2.75, 3.05) is 13.7 Å². The SMILES string of the molecule is COCCC(O)C(N)=O. The Morgan fingerprint density at radius 3 is 2.78 bits per heavy atom. The number of carbonyl (C=O) groups excluding carboxylic acids is 1. The quantitative estimate of drug-likeness (QED) is 0.509. The highest BCUT2D eigenvalue weighted by molar-refractivity contribution is 5.78. The van der Waals surface area contributed by atoms with Crippen LogP contribution in [-0.2, 0) is 9.53 Å². The fraction of sp³-hybridized carbons (Fsp3) is 0.800. The molecule has 1 atom stereocenters. The van der Waals surface area contributed by atoms with E-state index < -0.39 is 12.0 Å². The number of aliphatic hydroxyl groups excluding tert-OH is 1. The summed E-state index contributed by atoms with van der Waals surface area (Å²) in [7, 11) is 1.49. The second-order valence-electron chi connectivity index (χ2n) is 1.70. The van der Waals surface area contributed by atoms with Crippen LogP contribution in [0.1, 0.15) is 6.42 Å². The number of primary amides is 1. The van der Waals surface area contributed by atoms with E-state index in [4.69, 9.17) is 10.8 Å². The average molecular weight is 133 g/mol. The molecule has 3 N–H and O–H groups in total. The number of hydrogen-bond acceptors (Lipinski definition) is 3. The van der Waals surface area contributed by atoms with Crippen LogP contribution < -0.4 is 5.73 Å². The van der Waals surface area contributed by atoms with Crippen molar-refractivity contribution < 1.29 is 14.6 Å². The first-order chi connectivity index (χ1) is 4.18. The molecule has 0 aromatic rings. The fourth-order valence-corrected chi connectivity index (χ4v) is 0.372. The number of amides is 1. The predicted molar refractivity (Wildman–Crippen MR) is 31.7 cm³/mol. The lowest BCUT2D eigenvalue weighted by atomic mass is 10.2. The molecule has 0 saturated carbocycles. The largest absolute Gasteiger partial charge is 0.385 e. The van der Waals surface area contributed by atoms with E-state index >= 15 is 0 Å². The Labute approximate surface area is 53.6 Å². The lowest BCUT2D eigenvalue weighted by Gasteiger charge is -2.03. The third-order valence-corrected chi connectivity index (χ3v) is 0.924. The van der Waals surface area contributed by atoms with Crippen LogP contribution in [0, 0.1) is 0 Å². The van der Waals surface area contributed by atoms with Gasteiger partial charge >= 0.3 is 0 Å². The predicted octanol–water partition coefficient (Wildman–Crippen LogP) is -1.13. The Morgan fingerprint density at radius 2 is 2.44 bits per heavy atom. The van der Waals surface area contributed by atoms with E-state index in [0.29, 0.717) is 6.61 Å². The Kier molecular flexibility index (Phi) is 4.00. The molecule has 0 heterocycles. The first-order valence-electron chi connectivity index (χ1n) is 2.64. The van der Waals surface area contributed by atoms with E-state index in [2.05, 4.69) is 4.74 Å². The normalized spacial score (nSPS) is 13.1. The number of hydrogen-bond donors (Lipinski definition) is 2. The van der Waals surface area contributed by atoms with Crippen molar-refractivity contribution in [3.05, 3.63) is 0 Å². The summed E-state index contributed by atoms with van der Waals surface area (Å²) in [5.41, 5.74) is 4.73. The maximum absolute atomic E-state index is 10.1. The number of ether oxygens (including phenoxy) is 1. The molecule has 0 fully saturated rings. The van der Waals surface area contributed by atoms with E-state index in [1.165, 1.54) is 7.11 Å². The highest BCUT2D eigenvalue weighted by atomic mass is 16.5. The summed E-state index contributed by atoms with van der Waals surface area (Å²) in [4.78, 5) is 10.1. The molecule has 0 aliphatic heterocycles. The summed E-state index contributed by atoms with van der Waals surface area (Å²) in [6, 6.07) is 0. The maximum Gasteiger partial charge on any atom is 0.246 e. The molecule has 4 heteroatoms. The molecule has 1 unspecified atom stereocenters. The fourth-order valence-electron chi connectivity index (χ4n) is 0.372. The van der Waals surface area contributed by atoms with Crippen molar-refractivity contribution in [1.29, 1.82) is 0 Å². The molecule has 0 aliphatic rings. The van der Waals surface area contributed by atoms with Gasteiger partial charge in [0.05, 0.1) is 0 Å². The third-order valence-electron chi connectivity index (χ3n) is 0.924. The van der Waals surface area contributed by atoms with Crippen molar-refractivity contribution in [2.45, 2.75) is 12.5 Å². The number of methoxy groups -OCH3 is 1. The Balaban J connectivity index is 3.27. The van der Waals surface area contributed by atoms with Crippen LogP contribution >= 0.6 is 0 Å². The van der Waals surface area contributed by atoms with Crippen molar-refractivity contribution in [3.8, 4) is 0 Å². The Bertz CT molecular complexity index is 94.2. The van der Waals surface area contributed by atoms with Crippen LogP contribution in [-0.4, -0.2) is 30.8 Å². The zero-order valence-corrected chi connectivity index (χ0v) is 5.33. The van der Waals surface area contributed by atoms with Gasteiger partial charge in [0.2, 0.25) is 5.91 Å². The molecule has 1 amide bonds. The summed E-state index contributed by atoms with van der Waals surface area (Å²) >= 11 is 0. The first-order valence-corrected chi connectivity index (χ1v) is 2.64. The topological polar surface area (TPSA) is 72.6 Å². The van der Waals surface area contributed by atoms with Crippen molar-refractivity contribution in [3.63, 3.8) is 0 Å². The third kappa shape index (κ3) is 3.93. The summed E-state index contributed by atoms with van der Waals surface area (Å²) in [6.07, 6.45) is -0.795. The summed E-state index contributed by atoms with van der Waals surface area (Å²) < 4.78 is 4.59. The molecule has 0 spiro atoms. The van der Waals surface area contributed by atoms with Gasteiger partial charge < -0.3 is 15.6 Å². The average Bonchev–Trinajstić information content (AvgIpc) is 1.82. The number of rotatable bonds is 4. The van der Waals surface area contributed by atoms with Crippen molar-refractivity contribution in [2.24, 2.45) is 5.73 Å². The summed E-state index contributed by atoms with van der Waals surface area (Å²) in [6.45, 7) is 0.351. The molecule has 54 valence electrons. The summed E-state index contributed by atoms with van der Waals surface area (Å²) in [5.74, 6) is -0.702. The van der Waals surface area contributed by atoms with Gasteiger partial charge in [-0.05, 0) is 0 Å². The van der Waals surface area contributed by atoms with Gasteiger partial charge in [-0.15, -0.1) is 0 Å². The molecule has 0 bridgehead atoms. The molecule has 0 saturated heterocycles. The smallest absolute Gasteiger partial charge is 0.246 e. The molecule has 0 aromatic carbocycles. The van der Waals surface area contributed by atoms with Gasteiger partial charge in [0.15, 0.2) is 0 Å². The molecule has 4 nitrogen and oxygen atoms in total. The van der Waals surface area contributed by atoms with Gasteiger partial charge in [-0.2, -0.15) is 0 Å².